The third-order valence-corrected chi connectivity index (χ3v) is 3.71. The van der Waals surface area contributed by atoms with Crippen LogP contribution in [0.1, 0.15) is 6.42 Å². The van der Waals surface area contributed by atoms with Crippen molar-refractivity contribution in [3.63, 3.8) is 0 Å². The molecular weight excluding hydrogens is 238 g/mol. The van der Waals surface area contributed by atoms with Crippen LogP contribution in [0, 0.1) is 0 Å². The van der Waals surface area contributed by atoms with Gasteiger partial charge in [0.15, 0.2) is 5.13 Å². The van der Waals surface area contributed by atoms with E-state index in [0.717, 1.165) is 37.9 Å². The van der Waals surface area contributed by atoms with Crippen LogP contribution in [-0.2, 0) is 4.79 Å². The molecule has 0 aromatic carbocycles. The molecule has 2 heterocycles. The second-order valence-corrected chi connectivity index (χ2v) is 4.83. The van der Waals surface area contributed by atoms with Gasteiger partial charge in [0.2, 0.25) is 5.91 Å². The van der Waals surface area contributed by atoms with Gasteiger partial charge in [0, 0.05) is 50.7 Å². The van der Waals surface area contributed by atoms with Crippen LogP contribution < -0.4 is 16.2 Å². The molecule has 1 aromatic heterocycles. The first-order chi connectivity index (χ1) is 8.29. The van der Waals surface area contributed by atoms with Crippen molar-refractivity contribution in [3.05, 3.63) is 11.6 Å². The number of aromatic nitrogens is 1. The Balaban J connectivity index is 1.73. The van der Waals surface area contributed by atoms with Crippen molar-refractivity contribution in [2.75, 3.05) is 37.6 Å². The van der Waals surface area contributed by atoms with Gasteiger partial charge in [-0.25, -0.2) is 10.8 Å². The molecule has 0 bridgehead atoms. The number of amides is 1. The fourth-order valence-corrected chi connectivity index (χ4v) is 2.56. The first-order valence-corrected chi connectivity index (χ1v) is 6.54. The number of nitrogens with one attached hydrogen (secondary N) is 1. The van der Waals surface area contributed by atoms with Crippen molar-refractivity contribution in [2.45, 2.75) is 6.42 Å². The number of nitrogens with zero attached hydrogens (tertiary/aromatic N) is 3. The summed E-state index contributed by atoms with van der Waals surface area (Å²) in [7, 11) is 0. The number of thiazole rings is 1. The minimum Gasteiger partial charge on any atom is -0.346 e. The van der Waals surface area contributed by atoms with Gasteiger partial charge >= 0.3 is 0 Å². The van der Waals surface area contributed by atoms with Crippen molar-refractivity contribution < 1.29 is 4.79 Å². The largest absolute Gasteiger partial charge is 0.346 e. The lowest BCUT2D eigenvalue weighted by Crippen LogP contribution is -2.47. The monoisotopic (exact) mass is 255 g/mol. The van der Waals surface area contributed by atoms with Gasteiger partial charge in [0.25, 0.3) is 0 Å². The molecule has 0 radical (unpaired) electrons. The van der Waals surface area contributed by atoms with E-state index in [-0.39, 0.29) is 5.91 Å². The quantitative estimate of drug-likeness (QED) is 0.437. The van der Waals surface area contributed by atoms with E-state index in [4.69, 9.17) is 5.84 Å². The number of hydrazine groups is 1. The molecule has 1 aromatic rings. The van der Waals surface area contributed by atoms with Gasteiger partial charge in [0.1, 0.15) is 0 Å². The van der Waals surface area contributed by atoms with Crippen LogP contribution in [0.4, 0.5) is 5.13 Å². The maximum atomic E-state index is 11.0. The summed E-state index contributed by atoms with van der Waals surface area (Å²) in [5.74, 6) is 4.94. The molecule has 0 saturated carbocycles. The molecule has 7 heteroatoms. The predicted octanol–water partition coefficient (Wildman–Crippen LogP) is -0.355. The van der Waals surface area contributed by atoms with Gasteiger partial charge in [-0.3, -0.25) is 15.1 Å². The zero-order valence-electron chi connectivity index (χ0n) is 9.63. The molecule has 0 atom stereocenters. The van der Waals surface area contributed by atoms with Crippen molar-refractivity contribution in [3.8, 4) is 0 Å². The van der Waals surface area contributed by atoms with Gasteiger partial charge in [0.05, 0.1) is 0 Å². The summed E-state index contributed by atoms with van der Waals surface area (Å²) in [6.45, 7) is 4.65. The summed E-state index contributed by atoms with van der Waals surface area (Å²) in [6.07, 6.45) is 2.30. The highest BCUT2D eigenvalue weighted by Gasteiger charge is 2.18. The van der Waals surface area contributed by atoms with Gasteiger partial charge in [-0.1, -0.05) is 0 Å². The van der Waals surface area contributed by atoms with E-state index in [1.54, 1.807) is 11.3 Å². The number of hydrogen-bond acceptors (Lipinski definition) is 6. The average Bonchev–Trinajstić information content (AvgIpc) is 2.90. The van der Waals surface area contributed by atoms with Crippen LogP contribution in [0.15, 0.2) is 11.6 Å². The zero-order valence-corrected chi connectivity index (χ0v) is 10.4. The average molecular weight is 255 g/mol. The van der Waals surface area contributed by atoms with Crippen LogP contribution >= 0.6 is 11.3 Å². The van der Waals surface area contributed by atoms with E-state index < -0.39 is 0 Å². The van der Waals surface area contributed by atoms with Gasteiger partial charge in [-0.2, -0.15) is 0 Å². The minimum atomic E-state index is -0.104. The molecule has 3 N–H and O–H groups in total. The topological polar surface area (TPSA) is 74.5 Å². The number of carbonyl (C=O) groups excluding carboxylic acids is 1. The second kappa shape index (κ2) is 5.95. The van der Waals surface area contributed by atoms with Crippen molar-refractivity contribution >= 4 is 22.4 Å². The van der Waals surface area contributed by atoms with E-state index >= 15 is 0 Å². The van der Waals surface area contributed by atoms with Crippen molar-refractivity contribution in [1.29, 1.82) is 0 Å². The molecule has 2 rings (SSSR count). The van der Waals surface area contributed by atoms with Gasteiger partial charge in [-0.05, 0) is 0 Å². The maximum absolute atomic E-state index is 11.0. The first-order valence-electron chi connectivity index (χ1n) is 5.66. The molecule has 1 aliphatic rings. The van der Waals surface area contributed by atoms with E-state index in [1.165, 1.54) is 0 Å². The first kappa shape index (κ1) is 12.3. The highest BCUT2D eigenvalue weighted by molar-refractivity contribution is 7.13. The molecule has 1 amide bonds. The lowest BCUT2D eigenvalue weighted by molar-refractivity contribution is -0.121. The summed E-state index contributed by atoms with van der Waals surface area (Å²) >= 11 is 1.67. The number of rotatable bonds is 4. The van der Waals surface area contributed by atoms with Crippen LogP contribution in [0.3, 0.4) is 0 Å². The van der Waals surface area contributed by atoms with Gasteiger partial charge < -0.3 is 4.90 Å². The Bertz CT molecular complexity index is 348. The summed E-state index contributed by atoms with van der Waals surface area (Å²) in [6, 6.07) is 0. The van der Waals surface area contributed by atoms with Crippen LogP contribution in [0.25, 0.3) is 0 Å². The highest BCUT2D eigenvalue weighted by atomic mass is 32.1. The Morgan fingerprint density at radius 3 is 2.82 bits per heavy atom. The summed E-state index contributed by atoms with van der Waals surface area (Å²) in [5, 5.41) is 3.08. The highest BCUT2D eigenvalue weighted by Crippen LogP contribution is 2.18. The van der Waals surface area contributed by atoms with E-state index in [1.807, 2.05) is 11.6 Å². The normalized spacial score (nSPS) is 17.1. The third-order valence-electron chi connectivity index (χ3n) is 2.88. The predicted molar refractivity (Wildman–Crippen MR) is 67.7 cm³/mol. The Morgan fingerprint density at radius 2 is 2.24 bits per heavy atom. The van der Waals surface area contributed by atoms with Crippen molar-refractivity contribution in [2.24, 2.45) is 5.84 Å². The number of hydrogen-bond donors (Lipinski definition) is 2. The Morgan fingerprint density at radius 1 is 1.47 bits per heavy atom. The van der Waals surface area contributed by atoms with Crippen LogP contribution in [0.5, 0.6) is 0 Å². The number of piperazine rings is 1. The van der Waals surface area contributed by atoms with Crippen LogP contribution in [-0.4, -0.2) is 48.5 Å². The number of carbonyl (C=O) groups is 1. The van der Waals surface area contributed by atoms with Crippen molar-refractivity contribution in [1.82, 2.24) is 15.3 Å². The minimum absolute atomic E-state index is 0.104. The SMILES string of the molecule is NNC(=O)CCN1CCN(c2nccs2)CC1. The molecule has 1 aliphatic heterocycles. The van der Waals surface area contributed by atoms with E-state index in [0.29, 0.717) is 6.42 Å². The zero-order chi connectivity index (χ0) is 12.1. The molecular formula is C10H17N5OS. The second-order valence-electron chi connectivity index (χ2n) is 3.96. The Hall–Kier alpha value is -1.18. The molecule has 1 fully saturated rings. The molecule has 0 spiro atoms. The lowest BCUT2D eigenvalue weighted by Gasteiger charge is -2.34. The summed E-state index contributed by atoms with van der Waals surface area (Å²) in [4.78, 5) is 19.9. The summed E-state index contributed by atoms with van der Waals surface area (Å²) < 4.78 is 0. The molecule has 1 saturated heterocycles. The smallest absolute Gasteiger partial charge is 0.235 e. The van der Waals surface area contributed by atoms with Gasteiger partial charge in [-0.15, -0.1) is 11.3 Å². The summed E-state index contributed by atoms with van der Waals surface area (Å²) in [5.41, 5.74) is 2.15. The molecule has 0 aliphatic carbocycles. The molecule has 94 valence electrons. The molecule has 0 unspecified atom stereocenters. The fourth-order valence-electron chi connectivity index (χ4n) is 1.87. The lowest BCUT2D eigenvalue weighted by atomic mass is 10.3. The Labute approximate surface area is 104 Å². The number of nitrogens with two attached hydrogens (primary N) is 1. The van der Waals surface area contributed by atoms with E-state index in [2.05, 4.69) is 20.2 Å². The molecule has 6 nitrogen and oxygen atoms in total. The van der Waals surface area contributed by atoms with Crippen LogP contribution in [0.2, 0.25) is 0 Å². The third kappa shape index (κ3) is 3.39. The molecule has 17 heavy (non-hydrogen) atoms. The maximum Gasteiger partial charge on any atom is 0.235 e. The van der Waals surface area contributed by atoms with E-state index in [9.17, 15) is 4.79 Å². The fraction of sp³-hybridized carbons (Fsp3) is 0.600. The number of anilines is 1. The standard InChI is InChI=1S/C10H17N5OS/c11-13-9(16)1-3-14-4-6-15(7-5-14)10-12-2-8-17-10/h2,8H,1,3-7,11H2,(H,13,16). The Kier molecular flexibility index (Phi) is 4.29.